The number of ketones is 1. The SMILES string of the molecule is COCOc1c(/C=C/c2ccco2)ccc([N+](=O)[O-])c1C(=O)c1ccccc1. The molecule has 0 fully saturated rings. The zero-order valence-corrected chi connectivity index (χ0v) is 15.0. The minimum Gasteiger partial charge on any atom is -0.466 e. The molecule has 0 saturated carbocycles. The fourth-order valence-electron chi connectivity index (χ4n) is 2.66. The Labute approximate surface area is 161 Å². The summed E-state index contributed by atoms with van der Waals surface area (Å²) in [6.07, 6.45) is 4.87. The topological polar surface area (TPSA) is 91.8 Å². The highest BCUT2D eigenvalue weighted by atomic mass is 16.7. The third-order valence-corrected chi connectivity index (χ3v) is 3.92. The van der Waals surface area contributed by atoms with E-state index in [-0.39, 0.29) is 23.8 Å². The summed E-state index contributed by atoms with van der Waals surface area (Å²) in [6, 6.07) is 14.6. The van der Waals surface area contributed by atoms with E-state index in [2.05, 4.69) is 0 Å². The van der Waals surface area contributed by atoms with Gasteiger partial charge in [0.2, 0.25) is 5.78 Å². The molecule has 0 aliphatic heterocycles. The van der Waals surface area contributed by atoms with Gasteiger partial charge >= 0.3 is 0 Å². The number of carbonyl (C=O) groups is 1. The number of nitrogens with zero attached hydrogens (tertiary/aromatic N) is 1. The van der Waals surface area contributed by atoms with Gasteiger partial charge in [-0.3, -0.25) is 14.9 Å². The van der Waals surface area contributed by atoms with Crippen molar-refractivity contribution >= 4 is 23.6 Å². The largest absolute Gasteiger partial charge is 0.466 e. The molecule has 0 aliphatic rings. The van der Waals surface area contributed by atoms with E-state index in [9.17, 15) is 14.9 Å². The highest BCUT2D eigenvalue weighted by Crippen LogP contribution is 2.35. The maximum absolute atomic E-state index is 13.1. The Morgan fingerprint density at radius 2 is 1.89 bits per heavy atom. The van der Waals surface area contributed by atoms with Gasteiger partial charge in [-0.25, -0.2) is 0 Å². The molecule has 3 rings (SSSR count). The van der Waals surface area contributed by atoms with Crippen LogP contribution in [0, 0.1) is 10.1 Å². The number of hydrogen-bond acceptors (Lipinski definition) is 6. The average Bonchev–Trinajstić information content (AvgIpc) is 3.24. The van der Waals surface area contributed by atoms with E-state index in [1.54, 1.807) is 54.6 Å². The zero-order chi connectivity index (χ0) is 19.9. The monoisotopic (exact) mass is 379 g/mol. The van der Waals surface area contributed by atoms with Crippen molar-refractivity contribution in [2.24, 2.45) is 0 Å². The minimum atomic E-state index is -0.601. The fraction of sp³-hybridized carbons (Fsp3) is 0.0952. The quantitative estimate of drug-likeness (QED) is 0.246. The van der Waals surface area contributed by atoms with Gasteiger partial charge in [-0.05, 0) is 30.4 Å². The van der Waals surface area contributed by atoms with Gasteiger partial charge in [0.15, 0.2) is 6.79 Å². The summed E-state index contributed by atoms with van der Waals surface area (Å²) in [5.74, 6) is 0.159. The molecule has 0 unspecified atom stereocenters. The summed E-state index contributed by atoms with van der Waals surface area (Å²) in [4.78, 5) is 24.0. The van der Waals surface area contributed by atoms with E-state index in [0.29, 0.717) is 16.9 Å². The highest BCUT2D eigenvalue weighted by molar-refractivity contribution is 6.14. The molecule has 7 heteroatoms. The lowest BCUT2D eigenvalue weighted by molar-refractivity contribution is -0.385. The lowest BCUT2D eigenvalue weighted by atomic mass is 9.97. The third kappa shape index (κ3) is 4.16. The van der Waals surface area contributed by atoms with E-state index in [1.165, 1.54) is 25.5 Å². The molecule has 142 valence electrons. The molecule has 1 aromatic heterocycles. The van der Waals surface area contributed by atoms with E-state index >= 15 is 0 Å². The van der Waals surface area contributed by atoms with Crippen molar-refractivity contribution in [3.8, 4) is 5.75 Å². The Morgan fingerprint density at radius 3 is 2.54 bits per heavy atom. The Balaban J connectivity index is 2.16. The Hall–Kier alpha value is -3.71. The molecule has 0 N–H and O–H groups in total. The fourth-order valence-corrected chi connectivity index (χ4v) is 2.66. The van der Waals surface area contributed by atoms with Crippen LogP contribution in [-0.2, 0) is 4.74 Å². The van der Waals surface area contributed by atoms with Crippen LogP contribution in [0.4, 0.5) is 5.69 Å². The highest BCUT2D eigenvalue weighted by Gasteiger charge is 2.28. The summed E-state index contributed by atoms with van der Waals surface area (Å²) in [6.45, 7) is -0.169. The number of rotatable bonds is 8. The Morgan fingerprint density at radius 1 is 1.11 bits per heavy atom. The summed E-state index contributed by atoms with van der Waals surface area (Å²) in [7, 11) is 1.43. The van der Waals surface area contributed by atoms with Crippen molar-refractivity contribution in [3.05, 3.63) is 93.4 Å². The summed E-state index contributed by atoms with van der Waals surface area (Å²) >= 11 is 0. The van der Waals surface area contributed by atoms with Crippen LogP contribution in [0.15, 0.2) is 65.3 Å². The summed E-state index contributed by atoms with van der Waals surface area (Å²) in [5, 5.41) is 11.6. The van der Waals surface area contributed by atoms with Gasteiger partial charge in [-0.2, -0.15) is 0 Å². The average molecular weight is 379 g/mol. The van der Waals surface area contributed by atoms with Crippen LogP contribution in [0.1, 0.15) is 27.2 Å². The first-order chi connectivity index (χ1) is 13.6. The molecule has 0 aliphatic carbocycles. The maximum Gasteiger partial charge on any atom is 0.284 e. The van der Waals surface area contributed by atoms with Crippen LogP contribution in [0.2, 0.25) is 0 Å². The van der Waals surface area contributed by atoms with Crippen LogP contribution >= 0.6 is 0 Å². The second-order valence-electron chi connectivity index (χ2n) is 5.73. The standard InChI is InChI=1S/C21H17NO6/c1-26-14-28-21-16(9-11-17-8-5-13-27-17)10-12-18(22(24)25)19(21)20(23)15-6-3-2-4-7-15/h2-13H,14H2,1H3/b11-9+. The molecule has 7 nitrogen and oxygen atoms in total. The summed E-state index contributed by atoms with van der Waals surface area (Å²) < 4.78 is 15.8. The molecule has 1 heterocycles. The molecule has 0 bridgehead atoms. The predicted molar refractivity (Wildman–Crippen MR) is 103 cm³/mol. The second kappa shape index (κ2) is 8.79. The van der Waals surface area contributed by atoms with Gasteiger partial charge in [-0.1, -0.05) is 30.3 Å². The number of benzene rings is 2. The molecule has 0 atom stereocenters. The first-order valence-electron chi connectivity index (χ1n) is 8.36. The first kappa shape index (κ1) is 19.1. The number of methoxy groups -OCH3 is 1. The van der Waals surface area contributed by atoms with Gasteiger partial charge in [0.1, 0.15) is 17.1 Å². The van der Waals surface area contributed by atoms with Crippen LogP contribution in [-0.4, -0.2) is 24.6 Å². The van der Waals surface area contributed by atoms with Gasteiger partial charge in [-0.15, -0.1) is 0 Å². The molecule has 2 aromatic carbocycles. The molecular weight excluding hydrogens is 362 g/mol. The van der Waals surface area contributed by atoms with Crippen LogP contribution in [0.25, 0.3) is 12.2 Å². The van der Waals surface area contributed by atoms with Crippen LogP contribution < -0.4 is 4.74 Å². The van der Waals surface area contributed by atoms with Gasteiger partial charge in [0.05, 0.1) is 11.2 Å². The molecule has 0 spiro atoms. The van der Waals surface area contributed by atoms with Crippen LogP contribution in [0.5, 0.6) is 5.75 Å². The van der Waals surface area contributed by atoms with Crippen molar-refractivity contribution in [1.82, 2.24) is 0 Å². The van der Waals surface area contributed by atoms with E-state index in [4.69, 9.17) is 13.9 Å². The Bertz CT molecular complexity index is 993. The molecule has 0 saturated heterocycles. The summed E-state index contributed by atoms with van der Waals surface area (Å²) in [5.41, 5.74) is 0.336. The molecule has 28 heavy (non-hydrogen) atoms. The molecular formula is C21H17NO6. The van der Waals surface area contributed by atoms with Crippen molar-refractivity contribution < 1.29 is 23.6 Å². The second-order valence-corrected chi connectivity index (χ2v) is 5.73. The third-order valence-electron chi connectivity index (χ3n) is 3.92. The number of carbonyl (C=O) groups excluding carboxylic acids is 1. The van der Waals surface area contributed by atoms with Crippen molar-refractivity contribution in [1.29, 1.82) is 0 Å². The van der Waals surface area contributed by atoms with E-state index in [1.807, 2.05) is 0 Å². The normalized spacial score (nSPS) is 10.9. The van der Waals surface area contributed by atoms with Crippen molar-refractivity contribution in [2.75, 3.05) is 13.9 Å². The smallest absolute Gasteiger partial charge is 0.284 e. The molecule has 0 amide bonds. The number of nitro groups is 1. The van der Waals surface area contributed by atoms with Gasteiger partial charge < -0.3 is 13.9 Å². The van der Waals surface area contributed by atoms with Gasteiger partial charge in [0.25, 0.3) is 5.69 Å². The number of ether oxygens (including phenoxy) is 2. The van der Waals surface area contributed by atoms with Crippen molar-refractivity contribution in [2.45, 2.75) is 0 Å². The van der Waals surface area contributed by atoms with Gasteiger partial charge in [0, 0.05) is 24.3 Å². The minimum absolute atomic E-state index is 0.0766. The maximum atomic E-state index is 13.1. The Kier molecular flexibility index (Phi) is 5.98. The lowest BCUT2D eigenvalue weighted by Crippen LogP contribution is -2.11. The molecule has 0 radical (unpaired) electrons. The number of furan rings is 1. The van der Waals surface area contributed by atoms with Crippen molar-refractivity contribution in [3.63, 3.8) is 0 Å². The first-order valence-corrected chi connectivity index (χ1v) is 8.36. The molecule has 3 aromatic rings. The van der Waals surface area contributed by atoms with E-state index in [0.717, 1.165) is 0 Å². The lowest BCUT2D eigenvalue weighted by Gasteiger charge is -2.13. The zero-order valence-electron chi connectivity index (χ0n) is 15.0. The number of hydrogen-bond donors (Lipinski definition) is 0. The van der Waals surface area contributed by atoms with E-state index < -0.39 is 10.7 Å². The number of nitro benzene ring substituents is 1. The predicted octanol–water partition coefficient (Wildman–Crippen LogP) is 4.57. The van der Waals surface area contributed by atoms with Crippen LogP contribution in [0.3, 0.4) is 0 Å².